The molecule has 2 amide bonds. The van der Waals surface area contributed by atoms with Crippen LogP contribution in [-0.4, -0.2) is 63.1 Å². The molecule has 2 saturated heterocycles. The number of aromatic nitrogens is 3. The normalized spacial score (nSPS) is 19.3. The van der Waals surface area contributed by atoms with E-state index in [9.17, 15) is 22.8 Å². The maximum atomic E-state index is 15.8. The van der Waals surface area contributed by atoms with Gasteiger partial charge < -0.3 is 24.2 Å². The van der Waals surface area contributed by atoms with Gasteiger partial charge in [-0.05, 0) is 53.3 Å². The van der Waals surface area contributed by atoms with E-state index in [0.29, 0.717) is 16.8 Å². The van der Waals surface area contributed by atoms with Crippen LogP contribution in [0.4, 0.5) is 28.0 Å². The van der Waals surface area contributed by atoms with Gasteiger partial charge in [-0.15, -0.1) is 10.2 Å². The Hall–Kier alpha value is -4.00. The van der Waals surface area contributed by atoms with Crippen molar-refractivity contribution in [2.75, 3.05) is 31.2 Å². The lowest BCUT2D eigenvalue weighted by molar-refractivity contribution is -0.138. The predicted molar refractivity (Wildman–Crippen MR) is 133 cm³/mol. The van der Waals surface area contributed by atoms with Gasteiger partial charge in [0.1, 0.15) is 6.33 Å². The number of halogens is 4. The molecular formula is C27H25F4N5O4. The molecule has 2 aromatic carbocycles. The molecule has 3 aliphatic heterocycles. The number of benzene rings is 2. The molecule has 0 spiro atoms. The van der Waals surface area contributed by atoms with E-state index < -0.39 is 35.3 Å². The van der Waals surface area contributed by atoms with Crippen LogP contribution in [0.1, 0.15) is 44.6 Å². The van der Waals surface area contributed by atoms with Crippen LogP contribution in [0.5, 0.6) is 0 Å². The average molecular weight is 560 g/mol. The summed E-state index contributed by atoms with van der Waals surface area (Å²) >= 11 is 0. The summed E-state index contributed by atoms with van der Waals surface area (Å²) in [6, 6.07) is 9.13. The van der Waals surface area contributed by atoms with E-state index in [4.69, 9.17) is 9.84 Å². The van der Waals surface area contributed by atoms with Crippen LogP contribution in [0, 0.1) is 5.92 Å². The summed E-state index contributed by atoms with van der Waals surface area (Å²) in [5.74, 6) is -0.578. The number of nitrogens with zero attached hydrogens (tertiary/aromatic N) is 5. The number of carboxylic acid groups (broad SMARTS) is 1. The second-order valence-electron chi connectivity index (χ2n) is 10.7. The highest BCUT2D eigenvalue weighted by molar-refractivity contribution is 6.10. The van der Waals surface area contributed by atoms with Gasteiger partial charge in [0.25, 0.3) is 5.91 Å². The molecule has 0 saturated carbocycles. The first-order valence-electron chi connectivity index (χ1n) is 12.7. The van der Waals surface area contributed by atoms with Crippen molar-refractivity contribution >= 4 is 17.7 Å². The molecule has 3 aliphatic rings. The maximum absolute atomic E-state index is 15.8. The Morgan fingerprint density at radius 2 is 1.98 bits per heavy atom. The number of carbonyl (C=O) groups excluding carboxylic acids is 1. The smallest absolute Gasteiger partial charge is 0.416 e. The molecule has 9 nitrogen and oxygen atoms in total. The number of amides is 2. The SMILES string of the molecule is Cn1cnnc1C(F)C1(c2cccc(N3Cc4c(cc(CC5CN(C(=O)O)C5)cc4C(F)(F)F)C3=O)c2)COC1. The number of hydrogen-bond donors (Lipinski definition) is 1. The Morgan fingerprint density at radius 3 is 2.58 bits per heavy atom. The molecule has 0 bridgehead atoms. The number of anilines is 1. The van der Waals surface area contributed by atoms with Crippen molar-refractivity contribution in [3.05, 3.63) is 76.4 Å². The van der Waals surface area contributed by atoms with Crippen molar-refractivity contribution in [2.45, 2.75) is 30.7 Å². The summed E-state index contributed by atoms with van der Waals surface area (Å²) < 4.78 is 65.0. The standard InChI is InChI=1S/C27H25F4N5O4/c1-34-14-32-33-23(34)22(28)26(12-40-13-26)17-3-2-4-18(8-17)36-11-20-19(24(36)37)6-15(7-21(20)27(29,30)31)5-16-9-35(10-16)25(38)39/h2-4,6-8,14,16,22H,5,9-13H2,1H3,(H,38,39). The van der Waals surface area contributed by atoms with Crippen molar-refractivity contribution in [1.82, 2.24) is 19.7 Å². The van der Waals surface area contributed by atoms with Crippen LogP contribution >= 0.6 is 0 Å². The Morgan fingerprint density at radius 1 is 1.23 bits per heavy atom. The Labute approximate surface area is 226 Å². The molecule has 2 fully saturated rings. The van der Waals surface area contributed by atoms with Gasteiger partial charge >= 0.3 is 12.3 Å². The minimum Gasteiger partial charge on any atom is -0.465 e. The Bertz CT molecular complexity index is 1500. The van der Waals surface area contributed by atoms with Crippen molar-refractivity contribution in [3.63, 3.8) is 0 Å². The van der Waals surface area contributed by atoms with Gasteiger partial charge in [-0.2, -0.15) is 13.2 Å². The molecule has 1 N–H and O–H groups in total. The van der Waals surface area contributed by atoms with E-state index in [0.717, 1.165) is 6.07 Å². The first-order valence-corrected chi connectivity index (χ1v) is 12.7. The van der Waals surface area contributed by atoms with E-state index in [2.05, 4.69) is 10.2 Å². The zero-order valence-corrected chi connectivity index (χ0v) is 21.4. The molecule has 6 rings (SSSR count). The van der Waals surface area contributed by atoms with Crippen molar-refractivity contribution in [1.29, 1.82) is 0 Å². The highest BCUT2D eigenvalue weighted by Crippen LogP contribution is 2.47. The lowest BCUT2D eigenvalue weighted by Gasteiger charge is -2.43. The summed E-state index contributed by atoms with van der Waals surface area (Å²) in [5, 5.41) is 16.7. The number of aryl methyl sites for hydroxylation is 1. The fraction of sp³-hybridized carbons (Fsp3) is 0.407. The second kappa shape index (κ2) is 9.29. The highest BCUT2D eigenvalue weighted by Gasteiger charge is 2.51. The minimum absolute atomic E-state index is 0.0335. The molecule has 3 aromatic rings. The van der Waals surface area contributed by atoms with Gasteiger partial charge in [0.15, 0.2) is 12.0 Å². The number of fused-ring (bicyclic) bond motifs is 1. The summed E-state index contributed by atoms with van der Waals surface area (Å²) in [6.45, 7) is 0.322. The number of rotatable bonds is 6. The van der Waals surface area contributed by atoms with Crippen molar-refractivity contribution in [3.8, 4) is 0 Å². The van der Waals surface area contributed by atoms with Crippen LogP contribution in [0.15, 0.2) is 42.7 Å². The van der Waals surface area contributed by atoms with Crippen LogP contribution in [-0.2, 0) is 36.3 Å². The summed E-state index contributed by atoms with van der Waals surface area (Å²) in [6.07, 6.45) is -5.69. The first-order chi connectivity index (χ1) is 19.0. The van der Waals surface area contributed by atoms with Gasteiger partial charge in [0.2, 0.25) is 0 Å². The Balaban J connectivity index is 1.31. The van der Waals surface area contributed by atoms with Crippen molar-refractivity contribution in [2.24, 2.45) is 13.0 Å². The van der Waals surface area contributed by atoms with Crippen LogP contribution < -0.4 is 4.90 Å². The second-order valence-corrected chi connectivity index (χ2v) is 10.7. The molecular weight excluding hydrogens is 534 g/mol. The summed E-state index contributed by atoms with van der Waals surface area (Å²) in [5.41, 5.74) is -0.883. The fourth-order valence-corrected chi connectivity index (χ4v) is 5.77. The fourth-order valence-electron chi connectivity index (χ4n) is 5.77. The molecule has 1 unspecified atom stereocenters. The number of likely N-dealkylation sites (tertiary alicyclic amines) is 1. The molecule has 0 aliphatic carbocycles. The van der Waals surface area contributed by atoms with Crippen molar-refractivity contribution < 1.29 is 37.0 Å². The topological polar surface area (TPSA) is 101 Å². The molecule has 210 valence electrons. The number of hydrogen-bond acceptors (Lipinski definition) is 5. The summed E-state index contributed by atoms with van der Waals surface area (Å²) in [4.78, 5) is 27.0. The van der Waals surface area contributed by atoms with E-state index in [-0.39, 0.29) is 62.1 Å². The maximum Gasteiger partial charge on any atom is 0.416 e. The zero-order chi connectivity index (χ0) is 28.4. The number of carbonyl (C=O) groups is 2. The number of alkyl halides is 4. The number of ether oxygens (including phenoxy) is 1. The minimum atomic E-state index is -4.68. The average Bonchev–Trinajstić information content (AvgIpc) is 3.42. The third-order valence-electron chi connectivity index (χ3n) is 8.07. The van der Waals surface area contributed by atoms with E-state index >= 15 is 4.39 Å². The summed E-state index contributed by atoms with van der Waals surface area (Å²) in [7, 11) is 1.63. The van der Waals surface area contributed by atoms with Gasteiger partial charge in [-0.3, -0.25) is 4.79 Å². The lowest BCUT2D eigenvalue weighted by atomic mass is 9.74. The molecule has 0 radical (unpaired) electrons. The molecule has 4 heterocycles. The van der Waals surface area contributed by atoms with E-state index in [1.807, 2.05) is 0 Å². The molecule has 40 heavy (non-hydrogen) atoms. The third kappa shape index (κ3) is 4.19. The lowest BCUT2D eigenvalue weighted by Crippen LogP contribution is -2.50. The van der Waals surface area contributed by atoms with Crippen LogP contribution in [0.3, 0.4) is 0 Å². The highest BCUT2D eigenvalue weighted by atomic mass is 19.4. The van der Waals surface area contributed by atoms with Crippen LogP contribution in [0.25, 0.3) is 0 Å². The van der Waals surface area contributed by atoms with Gasteiger partial charge in [-0.25, -0.2) is 9.18 Å². The monoisotopic (exact) mass is 559 g/mol. The molecule has 1 atom stereocenters. The first kappa shape index (κ1) is 26.2. The quantitative estimate of drug-likeness (QED) is 0.456. The molecule has 13 heteroatoms. The largest absolute Gasteiger partial charge is 0.465 e. The van der Waals surface area contributed by atoms with E-state index in [1.165, 1.54) is 26.8 Å². The van der Waals surface area contributed by atoms with Gasteiger partial charge in [-0.1, -0.05) is 12.1 Å². The van der Waals surface area contributed by atoms with E-state index in [1.54, 1.807) is 31.3 Å². The van der Waals surface area contributed by atoms with Gasteiger partial charge in [0, 0.05) is 31.4 Å². The zero-order valence-electron chi connectivity index (χ0n) is 21.4. The predicted octanol–water partition coefficient (Wildman–Crippen LogP) is 4.13. The molecule has 1 aromatic heterocycles. The Kier molecular flexibility index (Phi) is 6.09. The van der Waals surface area contributed by atoms with Crippen LogP contribution in [0.2, 0.25) is 0 Å². The van der Waals surface area contributed by atoms with Gasteiger partial charge in [0.05, 0.1) is 30.7 Å². The third-order valence-corrected chi connectivity index (χ3v) is 8.07.